The number of sulfonamides is 1. The van der Waals surface area contributed by atoms with Crippen LogP contribution in [0.5, 0.6) is 0 Å². The number of nitrogens with one attached hydrogen (secondary N) is 1. The molecule has 23 heavy (non-hydrogen) atoms. The Morgan fingerprint density at radius 3 is 2.26 bits per heavy atom. The molecular weight excluding hydrogens is 314 g/mol. The molecule has 0 aliphatic rings. The lowest BCUT2D eigenvalue weighted by atomic mass is 10.1. The van der Waals surface area contributed by atoms with Crippen molar-refractivity contribution in [3.8, 4) is 0 Å². The minimum Gasteiger partial charge on any atom is -0.478 e. The van der Waals surface area contributed by atoms with Gasteiger partial charge in [-0.1, -0.05) is 42.5 Å². The molecule has 120 valence electrons. The van der Waals surface area contributed by atoms with Crippen molar-refractivity contribution in [3.63, 3.8) is 0 Å². The Balaban J connectivity index is 2.12. The van der Waals surface area contributed by atoms with Crippen LogP contribution >= 0.6 is 0 Å². The maximum atomic E-state index is 12.3. The largest absolute Gasteiger partial charge is 0.478 e. The summed E-state index contributed by atoms with van der Waals surface area (Å²) >= 11 is 0. The van der Waals surface area contributed by atoms with Crippen molar-refractivity contribution >= 4 is 22.1 Å². The number of carboxylic acid groups (broad SMARTS) is 1. The van der Waals surface area contributed by atoms with Crippen LogP contribution in [0.1, 0.15) is 24.1 Å². The van der Waals surface area contributed by atoms with Gasteiger partial charge in [-0.3, -0.25) is 0 Å². The van der Waals surface area contributed by atoms with E-state index in [4.69, 9.17) is 5.11 Å². The van der Waals surface area contributed by atoms with E-state index in [1.165, 1.54) is 18.2 Å². The standard InChI is InChI=1S/C17H17NO4S/c1-13(18-23(21,22)16-5-3-2-4-6-16)15-10-7-14(8-11-15)9-12-17(19)20/h2-13,18H,1H3,(H,19,20). The first-order valence-electron chi connectivity index (χ1n) is 6.97. The van der Waals surface area contributed by atoms with E-state index in [1.807, 2.05) is 0 Å². The van der Waals surface area contributed by atoms with Crippen LogP contribution in [-0.2, 0) is 14.8 Å². The second kappa shape index (κ2) is 7.21. The molecule has 0 radical (unpaired) electrons. The Morgan fingerprint density at radius 1 is 1.09 bits per heavy atom. The predicted molar refractivity (Wildman–Crippen MR) is 88.3 cm³/mol. The molecule has 2 aromatic rings. The summed E-state index contributed by atoms with van der Waals surface area (Å²) in [4.78, 5) is 10.7. The van der Waals surface area contributed by atoms with E-state index < -0.39 is 22.0 Å². The zero-order valence-corrected chi connectivity index (χ0v) is 13.3. The fraction of sp³-hybridized carbons (Fsp3) is 0.118. The number of aliphatic carboxylic acids is 1. The summed E-state index contributed by atoms with van der Waals surface area (Å²) in [5.74, 6) is -1.02. The number of carboxylic acids is 1. The molecule has 0 aliphatic heterocycles. The van der Waals surface area contributed by atoms with Gasteiger partial charge in [-0.05, 0) is 36.3 Å². The first-order valence-corrected chi connectivity index (χ1v) is 8.45. The molecule has 0 aliphatic carbocycles. The third-order valence-electron chi connectivity index (χ3n) is 3.24. The Bertz CT molecular complexity index is 796. The molecule has 6 heteroatoms. The van der Waals surface area contributed by atoms with Crippen LogP contribution < -0.4 is 4.72 Å². The smallest absolute Gasteiger partial charge is 0.328 e. The van der Waals surface area contributed by atoms with Crippen LogP contribution in [-0.4, -0.2) is 19.5 Å². The molecule has 0 aromatic heterocycles. The van der Waals surface area contributed by atoms with E-state index >= 15 is 0 Å². The fourth-order valence-corrected chi connectivity index (χ4v) is 3.28. The van der Waals surface area contributed by atoms with Crippen molar-refractivity contribution in [1.82, 2.24) is 4.72 Å². The molecule has 0 fully saturated rings. The quantitative estimate of drug-likeness (QED) is 0.797. The van der Waals surface area contributed by atoms with Gasteiger partial charge in [0, 0.05) is 12.1 Å². The second-order valence-electron chi connectivity index (χ2n) is 4.99. The first-order chi connectivity index (χ1) is 10.9. The lowest BCUT2D eigenvalue weighted by Crippen LogP contribution is -2.26. The summed E-state index contributed by atoms with van der Waals surface area (Å²) in [7, 11) is -3.58. The van der Waals surface area contributed by atoms with Crippen LogP contribution in [0.15, 0.2) is 65.6 Å². The lowest BCUT2D eigenvalue weighted by molar-refractivity contribution is -0.131. The molecule has 0 amide bonds. The summed E-state index contributed by atoms with van der Waals surface area (Å²) in [6.07, 6.45) is 2.53. The highest BCUT2D eigenvalue weighted by atomic mass is 32.2. The normalized spacial score (nSPS) is 13.1. The maximum Gasteiger partial charge on any atom is 0.328 e. The molecule has 0 saturated heterocycles. The van der Waals surface area contributed by atoms with Crippen molar-refractivity contribution in [3.05, 3.63) is 71.8 Å². The molecule has 2 aromatic carbocycles. The van der Waals surface area contributed by atoms with E-state index in [9.17, 15) is 13.2 Å². The Morgan fingerprint density at radius 2 is 1.70 bits per heavy atom. The monoisotopic (exact) mass is 331 g/mol. The van der Waals surface area contributed by atoms with Gasteiger partial charge in [0.15, 0.2) is 0 Å². The van der Waals surface area contributed by atoms with Crippen molar-refractivity contribution in [1.29, 1.82) is 0 Å². The van der Waals surface area contributed by atoms with E-state index in [0.29, 0.717) is 0 Å². The minimum absolute atomic E-state index is 0.216. The van der Waals surface area contributed by atoms with Crippen LogP contribution in [0.25, 0.3) is 6.08 Å². The molecule has 2 N–H and O–H groups in total. The third-order valence-corrected chi connectivity index (χ3v) is 4.80. The second-order valence-corrected chi connectivity index (χ2v) is 6.71. The molecule has 0 spiro atoms. The van der Waals surface area contributed by atoms with Gasteiger partial charge < -0.3 is 5.11 Å². The van der Waals surface area contributed by atoms with Gasteiger partial charge in [-0.15, -0.1) is 0 Å². The number of carbonyl (C=O) groups is 1. The number of hydrogen-bond donors (Lipinski definition) is 2. The molecule has 0 bridgehead atoms. The van der Waals surface area contributed by atoms with Gasteiger partial charge in [0.25, 0.3) is 0 Å². The minimum atomic E-state index is -3.58. The summed E-state index contributed by atoms with van der Waals surface area (Å²) in [6, 6.07) is 14.8. The zero-order valence-electron chi connectivity index (χ0n) is 12.5. The Hall–Kier alpha value is -2.44. The fourth-order valence-electron chi connectivity index (χ4n) is 2.03. The van der Waals surface area contributed by atoms with Gasteiger partial charge in [0.05, 0.1) is 4.90 Å². The van der Waals surface area contributed by atoms with Gasteiger partial charge in [-0.2, -0.15) is 0 Å². The number of benzene rings is 2. The highest BCUT2D eigenvalue weighted by molar-refractivity contribution is 7.89. The van der Waals surface area contributed by atoms with Gasteiger partial charge >= 0.3 is 5.97 Å². The van der Waals surface area contributed by atoms with Crippen molar-refractivity contribution in [2.24, 2.45) is 0 Å². The number of hydrogen-bond acceptors (Lipinski definition) is 3. The van der Waals surface area contributed by atoms with Crippen LogP contribution in [0.4, 0.5) is 0 Å². The van der Waals surface area contributed by atoms with Crippen molar-refractivity contribution < 1.29 is 18.3 Å². The molecule has 0 heterocycles. The Labute approximate surface area is 135 Å². The predicted octanol–water partition coefficient (Wildman–Crippen LogP) is 2.82. The average molecular weight is 331 g/mol. The molecule has 1 unspecified atom stereocenters. The van der Waals surface area contributed by atoms with Crippen LogP contribution in [0.2, 0.25) is 0 Å². The van der Waals surface area contributed by atoms with E-state index in [-0.39, 0.29) is 4.90 Å². The first kappa shape index (κ1) is 16.9. The van der Waals surface area contributed by atoms with E-state index in [1.54, 1.807) is 49.4 Å². The summed E-state index contributed by atoms with van der Waals surface area (Å²) in [6.45, 7) is 1.75. The van der Waals surface area contributed by atoms with Crippen molar-refractivity contribution in [2.75, 3.05) is 0 Å². The van der Waals surface area contributed by atoms with Gasteiger partial charge in [0.2, 0.25) is 10.0 Å². The molecule has 5 nitrogen and oxygen atoms in total. The van der Waals surface area contributed by atoms with Crippen molar-refractivity contribution in [2.45, 2.75) is 17.9 Å². The molecular formula is C17H17NO4S. The SMILES string of the molecule is CC(NS(=O)(=O)c1ccccc1)c1ccc(C=CC(=O)O)cc1. The number of rotatable bonds is 6. The lowest BCUT2D eigenvalue weighted by Gasteiger charge is -2.15. The molecule has 1 atom stereocenters. The highest BCUT2D eigenvalue weighted by Crippen LogP contribution is 2.18. The average Bonchev–Trinajstić information content (AvgIpc) is 2.54. The Kier molecular flexibility index (Phi) is 5.31. The topological polar surface area (TPSA) is 83.5 Å². The van der Waals surface area contributed by atoms with E-state index in [2.05, 4.69) is 4.72 Å². The molecule has 0 saturated carbocycles. The third kappa shape index (κ3) is 4.77. The molecule has 2 rings (SSSR count). The summed E-state index contributed by atoms with van der Waals surface area (Å²) in [5, 5.41) is 8.59. The maximum absolute atomic E-state index is 12.3. The van der Waals surface area contributed by atoms with Crippen LogP contribution in [0.3, 0.4) is 0 Å². The zero-order chi connectivity index (χ0) is 16.9. The van der Waals surface area contributed by atoms with Gasteiger partial charge in [0.1, 0.15) is 0 Å². The van der Waals surface area contributed by atoms with Crippen LogP contribution in [0, 0.1) is 0 Å². The highest BCUT2D eigenvalue weighted by Gasteiger charge is 2.17. The summed E-state index contributed by atoms with van der Waals surface area (Å²) < 4.78 is 27.2. The summed E-state index contributed by atoms with van der Waals surface area (Å²) in [5.41, 5.74) is 1.52. The van der Waals surface area contributed by atoms with Gasteiger partial charge in [-0.25, -0.2) is 17.9 Å². The van der Waals surface area contributed by atoms with E-state index in [0.717, 1.165) is 17.2 Å².